The number of piperazine rings is 1. The van der Waals surface area contributed by atoms with Crippen molar-refractivity contribution in [2.45, 2.75) is 33.0 Å². The fourth-order valence-corrected chi connectivity index (χ4v) is 8.79. The molecule has 1 atom stereocenters. The number of urea groups is 1. The molecular weight excluding hydrogens is 861 g/mol. The number of hydrogen-bond donors (Lipinski definition) is 1. The maximum Gasteiger partial charge on any atom is 0.317 e. The molecule has 1 N–H and O–H groups in total. The lowest BCUT2D eigenvalue weighted by Gasteiger charge is -2.36. The van der Waals surface area contributed by atoms with E-state index in [0.29, 0.717) is 66.0 Å². The highest BCUT2D eigenvalue weighted by Crippen LogP contribution is 2.28. The second kappa shape index (κ2) is 17.0. The molecule has 63 heavy (non-hydrogen) atoms. The summed E-state index contributed by atoms with van der Waals surface area (Å²) in [6.45, 7) is 7.75. The van der Waals surface area contributed by atoms with Crippen LogP contribution in [0.15, 0.2) is 107 Å². The van der Waals surface area contributed by atoms with Gasteiger partial charge in [0.05, 0.1) is 40.9 Å². The van der Waals surface area contributed by atoms with E-state index in [2.05, 4.69) is 30.2 Å². The molecule has 0 saturated carbocycles. The zero-order valence-corrected chi connectivity index (χ0v) is 37.2. The Morgan fingerprint density at radius 2 is 1.11 bits per heavy atom. The highest BCUT2D eigenvalue weighted by Gasteiger charge is 2.36. The number of hydrogen-bond acceptors (Lipinski definition) is 8. The largest absolute Gasteiger partial charge is 0.337 e. The number of anilines is 1. The number of nitrogens with zero attached hydrogens (tertiary/aromatic N) is 10. The highest BCUT2D eigenvalue weighted by molar-refractivity contribution is 6.31. The SMILES string of the molecule is Cc1ccc(Cl)c(Cn2c3cc(-c4cnc(Cl)nc4)ccc3c(=O)n2C)c1.Cc1ccc(Cl)c(Cn2c3cc(-c4cnc(N5CCN6C(=O)NC[C@H]6C5)nc4)ccc3c(=O)n2C)c1. The second-order valence-corrected chi connectivity index (χ2v) is 17.1. The van der Waals surface area contributed by atoms with Gasteiger partial charge in [-0.25, -0.2) is 24.7 Å². The van der Waals surface area contributed by atoms with Crippen LogP contribution in [0.3, 0.4) is 0 Å². The van der Waals surface area contributed by atoms with E-state index in [0.717, 1.165) is 55.5 Å². The molecule has 6 heterocycles. The van der Waals surface area contributed by atoms with E-state index in [1.165, 1.54) is 0 Å². The Hall–Kier alpha value is -6.48. The van der Waals surface area contributed by atoms with Crippen molar-refractivity contribution >= 4 is 68.6 Å². The van der Waals surface area contributed by atoms with Crippen LogP contribution in [0, 0.1) is 13.8 Å². The van der Waals surface area contributed by atoms with Crippen molar-refractivity contribution in [1.82, 2.24) is 48.9 Å². The van der Waals surface area contributed by atoms with Crippen molar-refractivity contribution in [1.29, 1.82) is 0 Å². The van der Waals surface area contributed by atoms with E-state index in [9.17, 15) is 14.4 Å². The zero-order chi connectivity index (χ0) is 44.1. The number of carbonyl (C=O) groups excluding carboxylic acids is 1. The van der Waals surface area contributed by atoms with Gasteiger partial charge in [-0.1, -0.05) is 70.7 Å². The van der Waals surface area contributed by atoms with Gasteiger partial charge in [0.25, 0.3) is 11.1 Å². The van der Waals surface area contributed by atoms with E-state index in [1.807, 2.05) is 113 Å². The Labute approximate surface area is 376 Å². The lowest BCUT2D eigenvalue weighted by molar-refractivity contribution is 0.197. The topological polar surface area (TPSA) is 141 Å². The third-order valence-corrected chi connectivity index (χ3v) is 12.7. The van der Waals surface area contributed by atoms with E-state index in [4.69, 9.17) is 34.8 Å². The molecule has 4 aromatic carbocycles. The second-order valence-electron chi connectivity index (χ2n) is 15.9. The third-order valence-electron chi connectivity index (χ3n) is 11.8. The molecule has 0 aliphatic carbocycles. The molecule has 10 rings (SSSR count). The minimum atomic E-state index is -0.0500. The molecule has 0 bridgehead atoms. The summed E-state index contributed by atoms with van der Waals surface area (Å²) in [5, 5.41) is 5.75. The number of rotatable bonds is 7. The van der Waals surface area contributed by atoms with E-state index >= 15 is 0 Å². The van der Waals surface area contributed by atoms with Crippen LogP contribution in [0.5, 0.6) is 0 Å². The predicted octanol–water partition coefficient (Wildman–Crippen LogP) is 7.48. The summed E-state index contributed by atoms with van der Waals surface area (Å²) in [6.07, 6.45) is 6.96. The van der Waals surface area contributed by atoms with Crippen molar-refractivity contribution in [3.05, 3.63) is 156 Å². The number of nitrogens with one attached hydrogen (secondary N) is 1. The van der Waals surface area contributed by atoms with Crippen LogP contribution in [0.1, 0.15) is 22.3 Å². The van der Waals surface area contributed by atoms with Gasteiger partial charge in [-0.2, -0.15) is 0 Å². The van der Waals surface area contributed by atoms with Gasteiger partial charge in [-0.3, -0.25) is 28.3 Å². The molecule has 2 saturated heterocycles. The molecule has 2 aliphatic heterocycles. The number of benzene rings is 4. The molecular formula is C46H42Cl3N11O3. The monoisotopic (exact) mass is 901 g/mol. The minimum Gasteiger partial charge on any atom is -0.337 e. The summed E-state index contributed by atoms with van der Waals surface area (Å²) in [4.78, 5) is 58.7. The molecule has 0 radical (unpaired) electrons. The van der Waals surface area contributed by atoms with Crippen molar-refractivity contribution in [3.8, 4) is 22.3 Å². The average molecular weight is 903 g/mol. The molecule has 320 valence electrons. The molecule has 0 unspecified atom stereocenters. The van der Waals surface area contributed by atoms with Crippen molar-refractivity contribution in [2.24, 2.45) is 14.1 Å². The summed E-state index contributed by atoms with van der Waals surface area (Å²) in [5.74, 6) is 0.657. The fourth-order valence-electron chi connectivity index (χ4n) is 8.34. The summed E-state index contributed by atoms with van der Waals surface area (Å²) in [7, 11) is 3.54. The van der Waals surface area contributed by atoms with Gasteiger partial charge in [0, 0.05) is 86.2 Å². The Bertz CT molecular complexity index is 3180. The van der Waals surface area contributed by atoms with Crippen molar-refractivity contribution in [2.75, 3.05) is 31.1 Å². The van der Waals surface area contributed by atoms with Crippen LogP contribution in [0.2, 0.25) is 15.3 Å². The van der Waals surface area contributed by atoms with Gasteiger partial charge in [0.2, 0.25) is 11.2 Å². The summed E-state index contributed by atoms with van der Waals surface area (Å²) >= 11 is 18.6. The van der Waals surface area contributed by atoms with Crippen LogP contribution < -0.4 is 21.3 Å². The molecule has 2 aliphatic rings. The lowest BCUT2D eigenvalue weighted by Crippen LogP contribution is -2.52. The Kier molecular flexibility index (Phi) is 11.3. The first-order valence-corrected chi connectivity index (χ1v) is 21.4. The third kappa shape index (κ3) is 8.17. The minimum absolute atomic E-state index is 0.00960. The van der Waals surface area contributed by atoms with E-state index in [1.54, 1.807) is 35.9 Å². The van der Waals surface area contributed by atoms with Crippen LogP contribution in [0.4, 0.5) is 10.7 Å². The molecule has 14 nitrogen and oxygen atoms in total. The van der Waals surface area contributed by atoms with Crippen LogP contribution in [0.25, 0.3) is 44.1 Å². The Morgan fingerprint density at radius 3 is 1.62 bits per heavy atom. The number of carbonyl (C=O) groups is 1. The Morgan fingerprint density at radius 1 is 0.619 bits per heavy atom. The zero-order valence-electron chi connectivity index (χ0n) is 34.9. The number of fused-ring (bicyclic) bond motifs is 3. The summed E-state index contributed by atoms with van der Waals surface area (Å²) < 4.78 is 7.13. The first kappa shape index (κ1) is 41.9. The fraction of sp³-hybridized carbons (Fsp3) is 0.239. The quantitative estimate of drug-likeness (QED) is 0.163. The standard InChI is InChI=1S/C26H26ClN7O2.C20H16Cl2N4O/c1-16-3-6-22(27)18(9-16)14-34-23-10-17(4-5-21(23)24(35)31(34)2)19-11-28-25(29-12-19)32-7-8-33-20(15-32)13-30-26(33)36;1-12-3-6-17(21)14(7-12)11-26-18-8-13(15-9-23-20(22)24-10-15)4-5-16(18)19(27)25(26)2/h3-6,9-12,20H,7-8,13-15H2,1-2H3,(H,30,36);3-10H,11H2,1-2H3/t20-;/m0./s1. The molecule has 0 spiro atoms. The van der Waals surface area contributed by atoms with Gasteiger partial charge in [-0.05, 0) is 84.1 Å². The van der Waals surface area contributed by atoms with Crippen LogP contribution >= 0.6 is 34.8 Å². The Balaban J connectivity index is 0.000000167. The molecule has 2 amide bonds. The molecule has 17 heteroatoms. The van der Waals surface area contributed by atoms with Crippen LogP contribution in [-0.2, 0) is 27.2 Å². The van der Waals surface area contributed by atoms with Gasteiger partial charge in [-0.15, -0.1) is 0 Å². The first-order chi connectivity index (χ1) is 30.3. The van der Waals surface area contributed by atoms with Gasteiger partial charge >= 0.3 is 6.03 Å². The maximum absolute atomic E-state index is 12.9. The van der Waals surface area contributed by atoms with Gasteiger partial charge < -0.3 is 15.1 Å². The van der Waals surface area contributed by atoms with E-state index < -0.39 is 0 Å². The summed E-state index contributed by atoms with van der Waals surface area (Å²) in [5.41, 5.74) is 9.26. The number of amides is 2. The van der Waals surface area contributed by atoms with Crippen molar-refractivity contribution < 1.29 is 4.79 Å². The van der Waals surface area contributed by atoms with Crippen molar-refractivity contribution in [3.63, 3.8) is 0 Å². The smallest absolute Gasteiger partial charge is 0.317 e. The normalized spacial score (nSPS) is 14.8. The lowest BCUT2D eigenvalue weighted by atomic mass is 10.1. The number of aromatic nitrogens is 8. The van der Waals surface area contributed by atoms with Gasteiger partial charge in [0.1, 0.15) is 0 Å². The molecule has 4 aromatic heterocycles. The highest BCUT2D eigenvalue weighted by atomic mass is 35.5. The molecule has 2 fully saturated rings. The summed E-state index contributed by atoms with van der Waals surface area (Å²) in [6, 6.07) is 23.4. The number of halogens is 3. The van der Waals surface area contributed by atoms with Gasteiger partial charge in [0.15, 0.2) is 0 Å². The predicted molar refractivity (Wildman–Crippen MR) is 248 cm³/mol. The number of aryl methyl sites for hydroxylation is 2. The van der Waals surface area contributed by atoms with Crippen LogP contribution in [-0.4, -0.2) is 81.8 Å². The van der Waals surface area contributed by atoms with E-state index in [-0.39, 0.29) is 28.5 Å². The first-order valence-electron chi connectivity index (χ1n) is 20.3. The average Bonchev–Trinajstić information content (AvgIpc) is 3.87. The maximum atomic E-state index is 12.9. The molecule has 8 aromatic rings.